The first-order valence-electron chi connectivity index (χ1n) is 16.0. The summed E-state index contributed by atoms with van der Waals surface area (Å²) in [6, 6.07) is 10.1. The second-order valence-corrected chi connectivity index (χ2v) is 12.8. The van der Waals surface area contributed by atoms with Gasteiger partial charge >= 0.3 is 8.53 Å². The topological polar surface area (TPSA) is 74.6 Å². The third kappa shape index (κ3) is 17.9. The van der Waals surface area contributed by atoms with Gasteiger partial charge in [-0.25, -0.2) is 4.67 Å². The number of nitriles is 1. The molecule has 7 heteroatoms. The van der Waals surface area contributed by atoms with E-state index in [0.29, 0.717) is 25.2 Å². The number of hydrogen-bond acceptors (Lipinski definition) is 5. The molecule has 0 spiro atoms. The molecule has 0 saturated carbocycles. The maximum atomic E-state index is 12.4. The number of anilines is 1. The minimum atomic E-state index is -1.35. The molecule has 1 aromatic carbocycles. The van der Waals surface area contributed by atoms with Gasteiger partial charge in [0.05, 0.1) is 19.1 Å². The lowest BCUT2D eigenvalue weighted by Gasteiger charge is -2.35. The van der Waals surface area contributed by atoms with E-state index in [9.17, 15) is 4.79 Å². The van der Waals surface area contributed by atoms with Crippen molar-refractivity contribution in [3.8, 4) is 11.8 Å². The van der Waals surface area contributed by atoms with Crippen molar-refractivity contribution in [3.63, 3.8) is 0 Å². The monoisotopic (exact) mass is 575 g/mol. The molecule has 0 saturated heterocycles. The fourth-order valence-electron chi connectivity index (χ4n) is 4.85. The summed E-state index contributed by atoms with van der Waals surface area (Å²) in [7, 11) is -1.35. The molecule has 228 valence electrons. The maximum absolute atomic E-state index is 12.4. The fourth-order valence-corrected chi connectivity index (χ4v) is 6.44. The molecule has 1 N–H and O–H groups in total. The van der Waals surface area contributed by atoms with Crippen LogP contribution in [-0.4, -0.2) is 29.3 Å². The molecule has 1 unspecified atom stereocenters. The van der Waals surface area contributed by atoms with E-state index in [2.05, 4.69) is 50.7 Å². The second-order valence-electron chi connectivity index (χ2n) is 11.4. The molecule has 0 aliphatic rings. The smallest absolute Gasteiger partial charge is 0.321 e. The molecular weight excluding hydrogens is 517 g/mol. The lowest BCUT2D eigenvalue weighted by Crippen LogP contribution is -2.34. The van der Waals surface area contributed by atoms with Crippen molar-refractivity contribution in [3.05, 3.63) is 24.3 Å². The number of carbonyl (C=O) groups is 1. The predicted molar refractivity (Wildman–Crippen MR) is 170 cm³/mol. The van der Waals surface area contributed by atoms with Crippen molar-refractivity contribution in [1.29, 1.82) is 5.26 Å². The van der Waals surface area contributed by atoms with E-state index >= 15 is 0 Å². The Morgan fingerprint density at radius 2 is 1.30 bits per heavy atom. The third-order valence-corrected chi connectivity index (χ3v) is 9.06. The summed E-state index contributed by atoms with van der Waals surface area (Å²) in [6.07, 6.45) is 20.7. The Morgan fingerprint density at radius 1 is 0.825 bits per heavy atom. The number of carbonyl (C=O) groups excluding carboxylic acids is 1. The average Bonchev–Trinajstić information content (AvgIpc) is 2.91. The Morgan fingerprint density at radius 3 is 1.75 bits per heavy atom. The summed E-state index contributed by atoms with van der Waals surface area (Å²) < 4.78 is 14.4. The lowest BCUT2D eigenvalue weighted by molar-refractivity contribution is -0.116. The van der Waals surface area contributed by atoms with Crippen LogP contribution in [-0.2, 0) is 9.32 Å². The summed E-state index contributed by atoms with van der Waals surface area (Å²) >= 11 is 0. The summed E-state index contributed by atoms with van der Waals surface area (Å²) in [6.45, 7) is 11.1. The van der Waals surface area contributed by atoms with E-state index in [-0.39, 0.29) is 18.0 Å². The zero-order chi connectivity index (χ0) is 29.4. The molecule has 40 heavy (non-hydrogen) atoms. The van der Waals surface area contributed by atoms with Crippen LogP contribution in [0.3, 0.4) is 0 Å². The fraction of sp³-hybridized carbons (Fsp3) is 0.758. The van der Waals surface area contributed by atoms with Crippen LogP contribution in [0.25, 0.3) is 0 Å². The van der Waals surface area contributed by atoms with Crippen LogP contribution >= 0.6 is 8.53 Å². The Labute approximate surface area is 247 Å². The van der Waals surface area contributed by atoms with Crippen molar-refractivity contribution in [2.75, 3.05) is 11.9 Å². The summed E-state index contributed by atoms with van der Waals surface area (Å²) in [4.78, 5) is 12.4. The Balaban J connectivity index is 2.22. The van der Waals surface area contributed by atoms with Gasteiger partial charge in [-0.2, -0.15) is 5.26 Å². The SMILES string of the molecule is CCCCCCCCCCCCCCCCCC(=O)Nc1ccc(OP(OCCC#N)N(C(C)C)C(C)C)cc1. The zero-order valence-electron chi connectivity index (χ0n) is 26.3. The molecule has 0 aromatic heterocycles. The summed E-state index contributed by atoms with van der Waals surface area (Å²) in [5.41, 5.74) is 0.776. The molecule has 1 amide bonds. The minimum Gasteiger partial charge on any atom is -0.436 e. The summed E-state index contributed by atoms with van der Waals surface area (Å²) in [5.74, 6) is 0.756. The standard InChI is InChI=1S/C33H58N3O3P/c1-6-7-8-9-10-11-12-13-14-15-16-17-18-19-20-22-33(37)35-31-23-25-32(26-24-31)39-40(38-28-21-27-34)36(29(2)3)30(4)5/h23-26,29-30H,6-22,28H2,1-5H3,(H,35,37). The number of nitrogens with one attached hydrogen (secondary N) is 1. The van der Waals surface area contributed by atoms with Crippen LogP contribution in [0, 0.1) is 11.3 Å². The molecule has 1 rings (SSSR count). The number of rotatable bonds is 25. The maximum Gasteiger partial charge on any atom is 0.321 e. The highest BCUT2D eigenvalue weighted by Gasteiger charge is 2.28. The van der Waals surface area contributed by atoms with Gasteiger partial charge < -0.3 is 14.4 Å². The minimum absolute atomic E-state index is 0.0660. The van der Waals surface area contributed by atoms with E-state index < -0.39 is 8.53 Å². The quantitative estimate of drug-likeness (QED) is 0.0927. The number of amides is 1. The van der Waals surface area contributed by atoms with Crippen LogP contribution in [0.15, 0.2) is 24.3 Å². The Hall–Kier alpha value is -1.67. The van der Waals surface area contributed by atoms with Crippen molar-refractivity contribution in [1.82, 2.24) is 4.67 Å². The second kappa shape index (κ2) is 24.0. The van der Waals surface area contributed by atoms with Gasteiger partial charge in [0.25, 0.3) is 0 Å². The van der Waals surface area contributed by atoms with E-state index in [1.165, 1.54) is 83.5 Å². The molecule has 0 heterocycles. The molecule has 6 nitrogen and oxygen atoms in total. The van der Waals surface area contributed by atoms with E-state index in [1.54, 1.807) is 0 Å². The first kappa shape index (κ1) is 36.4. The van der Waals surface area contributed by atoms with Crippen molar-refractivity contribution in [2.45, 2.75) is 156 Å². The highest BCUT2D eigenvalue weighted by Crippen LogP contribution is 2.46. The number of hydrogen-bond donors (Lipinski definition) is 1. The van der Waals surface area contributed by atoms with Gasteiger partial charge in [0.2, 0.25) is 5.91 Å². The normalized spacial score (nSPS) is 12.2. The number of benzene rings is 1. The average molecular weight is 576 g/mol. The van der Waals surface area contributed by atoms with Crippen molar-refractivity contribution < 1.29 is 13.8 Å². The van der Waals surface area contributed by atoms with Gasteiger partial charge in [-0.05, 0) is 58.4 Å². The van der Waals surface area contributed by atoms with Gasteiger partial charge in [0, 0.05) is 24.2 Å². The molecule has 0 aliphatic heterocycles. The van der Waals surface area contributed by atoms with Crippen LogP contribution in [0.1, 0.15) is 144 Å². The van der Waals surface area contributed by atoms with Crippen LogP contribution in [0.4, 0.5) is 5.69 Å². The molecule has 0 radical (unpaired) electrons. The molecular formula is C33H58N3O3P. The van der Waals surface area contributed by atoms with Crippen molar-refractivity contribution >= 4 is 20.1 Å². The predicted octanol–water partition coefficient (Wildman–Crippen LogP) is 10.5. The van der Waals surface area contributed by atoms with Crippen LogP contribution < -0.4 is 9.84 Å². The van der Waals surface area contributed by atoms with Gasteiger partial charge in [-0.15, -0.1) is 0 Å². The molecule has 0 aliphatic carbocycles. The zero-order valence-corrected chi connectivity index (χ0v) is 27.2. The van der Waals surface area contributed by atoms with Gasteiger partial charge in [-0.3, -0.25) is 4.79 Å². The first-order chi connectivity index (χ1) is 19.4. The van der Waals surface area contributed by atoms with Gasteiger partial charge in [-0.1, -0.05) is 96.8 Å². The first-order valence-corrected chi connectivity index (χ1v) is 17.2. The van der Waals surface area contributed by atoms with Gasteiger partial charge in [0.1, 0.15) is 5.75 Å². The van der Waals surface area contributed by atoms with E-state index in [4.69, 9.17) is 14.3 Å². The van der Waals surface area contributed by atoms with Gasteiger partial charge in [0.15, 0.2) is 0 Å². The summed E-state index contributed by atoms with van der Waals surface area (Å²) in [5, 5.41) is 11.9. The van der Waals surface area contributed by atoms with E-state index in [1.807, 2.05) is 24.3 Å². The Bertz CT molecular complexity index is 787. The Kier molecular flexibility index (Phi) is 21.8. The highest BCUT2D eigenvalue weighted by molar-refractivity contribution is 7.45. The van der Waals surface area contributed by atoms with E-state index in [0.717, 1.165) is 18.5 Å². The molecule has 0 bridgehead atoms. The lowest BCUT2D eigenvalue weighted by atomic mass is 10.0. The molecule has 1 aromatic rings. The highest BCUT2D eigenvalue weighted by atomic mass is 31.2. The number of nitrogens with zero attached hydrogens (tertiary/aromatic N) is 2. The molecule has 1 atom stereocenters. The number of unbranched alkanes of at least 4 members (excludes halogenated alkanes) is 14. The van der Waals surface area contributed by atoms with Crippen LogP contribution in [0.2, 0.25) is 0 Å². The third-order valence-electron chi connectivity index (χ3n) is 6.99. The molecule has 0 fully saturated rings. The van der Waals surface area contributed by atoms with Crippen LogP contribution in [0.5, 0.6) is 5.75 Å². The van der Waals surface area contributed by atoms with Crippen molar-refractivity contribution in [2.24, 2.45) is 0 Å². The largest absolute Gasteiger partial charge is 0.436 e.